The summed E-state index contributed by atoms with van der Waals surface area (Å²) in [5.74, 6) is 1.38. The number of hydrogen-bond acceptors (Lipinski definition) is 4. The van der Waals surface area contributed by atoms with Crippen molar-refractivity contribution in [3.63, 3.8) is 0 Å². The number of pyridine rings is 1. The van der Waals surface area contributed by atoms with Gasteiger partial charge in [-0.15, -0.1) is 0 Å². The van der Waals surface area contributed by atoms with Gasteiger partial charge in [0.2, 0.25) is 0 Å². The Labute approximate surface area is 136 Å². The molecule has 1 aliphatic carbocycles. The molecule has 1 aromatic heterocycles. The summed E-state index contributed by atoms with van der Waals surface area (Å²) < 4.78 is 5.18. The molecule has 118 valence electrons. The number of anilines is 2. The fourth-order valence-corrected chi connectivity index (χ4v) is 2.73. The van der Waals surface area contributed by atoms with E-state index in [0.717, 1.165) is 32.5 Å². The SMILES string of the molecule is CCCNc1nc(NCC2(CCOC)CC2)c(Cl)cc1Cl. The highest BCUT2D eigenvalue weighted by molar-refractivity contribution is 6.37. The minimum atomic E-state index is 0.345. The second-order valence-corrected chi connectivity index (χ2v) is 6.49. The molecule has 21 heavy (non-hydrogen) atoms. The Hall–Kier alpha value is -0.710. The van der Waals surface area contributed by atoms with Crippen molar-refractivity contribution >= 4 is 34.8 Å². The molecule has 2 rings (SSSR count). The third-order valence-electron chi connectivity index (χ3n) is 3.90. The summed E-state index contributed by atoms with van der Waals surface area (Å²) in [5, 5.41) is 7.70. The molecule has 0 radical (unpaired) electrons. The van der Waals surface area contributed by atoms with E-state index in [2.05, 4.69) is 22.5 Å². The molecule has 0 saturated heterocycles. The molecule has 6 heteroatoms. The average molecular weight is 332 g/mol. The standard InChI is InChI=1S/C15H23Cl2N3O/c1-3-7-18-13-11(16)9-12(17)14(20-13)19-10-15(4-5-15)6-8-21-2/h9H,3-8,10H2,1-2H3,(H2,18,19,20). The summed E-state index contributed by atoms with van der Waals surface area (Å²) in [4.78, 5) is 4.50. The molecule has 1 aliphatic rings. The van der Waals surface area contributed by atoms with E-state index >= 15 is 0 Å². The van der Waals surface area contributed by atoms with E-state index in [1.165, 1.54) is 12.8 Å². The van der Waals surface area contributed by atoms with Gasteiger partial charge in [0.05, 0.1) is 10.0 Å². The Bertz CT molecular complexity index is 478. The lowest BCUT2D eigenvalue weighted by molar-refractivity contribution is 0.175. The van der Waals surface area contributed by atoms with Crippen molar-refractivity contribution < 1.29 is 4.74 Å². The molecule has 1 fully saturated rings. The van der Waals surface area contributed by atoms with Crippen molar-refractivity contribution in [3.8, 4) is 0 Å². The van der Waals surface area contributed by atoms with Crippen LogP contribution in [0.1, 0.15) is 32.6 Å². The molecule has 1 aromatic rings. The summed E-state index contributed by atoms with van der Waals surface area (Å²) in [7, 11) is 1.74. The molecule has 0 spiro atoms. The molecule has 0 bridgehead atoms. The number of nitrogens with zero attached hydrogens (tertiary/aromatic N) is 1. The first-order chi connectivity index (χ1) is 10.1. The Morgan fingerprint density at radius 3 is 2.48 bits per heavy atom. The van der Waals surface area contributed by atoms with E-state index in [1.807, 2.05) is 0 Å². The lowest BCUT2D eigenvalue weighted by atomic mass is 10.0. The molecular weight excluding hydrogens is 309 g/mol. The molecule has 1 saturated carbocycles. The Kier molecular flexibility index (Phi) is 5.97. The van der Waals surface area contributed by atoms with Gasteiger partial charge in [0.25, 0.3) is 0 Å². The molecule has 0 aliphatic heterocycles. The zero-order valence-electron chi connectivity index (χ0n) is 12.6. The van der Waals surface area contributed by atoms with Gasteiger partial charge in [0.1, 0.15) is 11.6 Å². The lowest BCUT2D eigenvalue weighted by Gasteiger charge is -2.17. The second-order valence-electron chi connectivity index (χ2n) is 5.67. The third kappa shape index (κ3) is 4.63. The summed E-state index contributed by atoms with van der Waals surface area (Å²) in [6.07, 6.45) is 4.55. The van der Waals surface area contributed by atoms with Gasteiger partial charge in [-0.05, 0) is 37.2 Å². The lowest BCUT2D eigenvalue weighted by Crippen LogP contribution is -2.18. The monoisotopic (exact) mass is 331 g/mol. The van der Waals surface area contributed by atoms with E-state index in [0.29, 0.717) is 27.1 Å². The van der Waals surface area contributed by atoms with E-state index < -0.39 is 0 Å². The molecular formula is C15H23Cl2N3O. The minimum Gasteiger partial charge on any atom is -0.385 e. The summed E-state index contributed by atoms with van der Waals surface area (Å²) in [6.45, 7) is 4.61. The van der Waals surface area contributed by atoms with Gasteiger partial charge in [0, 0.05) is 26.8 Å². The van der Waals surface area contributed by atoms with Crippen LogP contribution < -0.4 is 10.6 Å². The first-order valence-corrected chi connectivity index (χ1v) is 8.18. The van der Waals surface area contributed by atoms with Crippen LogP contribution in [0.3, 0.4) is 0 Å². The number of rotatable bonds is 9. The molecule has 0 atom stereocenters. The first-order valence-electron chi connectivity index (χ1n) is 7.43. The van der Waals surface area contributed by atoms with E-state index in [4.69, 9.17) is 27.9 Å². The molecule has 0 unspecified atom stereocenters. The van der Waals surface area contributed by atoms with Gasteiger partial charge < -0.3 is 15.4 Å². The predicted molar refractivity (Wildman–Crippen MR) is 89.7 cm³/mol. The molecule has 0 aromatic carbocycles. The zero-order valence-corrected chi connectivity index (χ0v) is 14.2. The molecule has 0 amide bonds. The van der Waals surface area contributed by atoms with Crippen LogP contribution in [0.5, 0.6) is 0 Å². The van der Waals surface area contributed by atoms with Crippen molar-refractivity contribution in [3.05, 3.63) is 16.1 Å². The highest BCUT2D eigenvalue weighted by Crippen LogP contribution is 2.48. The van der Waals surface area contributed by atoms with Crippen molar-refractivity contribution in [2.24, 2.45) is 5.41 Å². The topological polar surface area (TPSA) is 46.2 Å². The van der Waals surface area contributed by atoms with Crippen LogP contribution in [0, 0.1) is 5.41 Å². The number of hydrogen-bond donors (Lipinski definition) is 2. The highest BCUT2D eigenvalue weighted by Gasteiger charge is 2.41. The number of aromatic nitrogens is 1. The van der Waals surface area contributed by atoms with Crippen molar-refractivity contribution in [2.75, 3.05) is 37.4 Å². The van der Waals surface area contributed by atoms with Crippen LogP contribution in [-0.2, 0) is 4.74 Å². The maximum atomic E-state index is 6.23. The van der Waals surface area contributed by atoms with Gasteiger partial charge >= 0.3 is 0 Å². The maximum absolute atomic E-state index is 6.23. The number of nitrogens with one attached hydrogen (secondary N) is 2. The van der Waals surface area contributed by atoms with Gasteiger partial charge in [-0.2, -0.15) is 0 Å². The van der Waals surface area contributed by atoms with Crippen LogP contribution in [0.25, 0.3) is 0 Å². The summed E-state index contributed by atoms with van der Waals surface area (Å²) in [5.41, 5.74) is 0.345. The van der Waals surface area contributed by atoms with Crippen LogP contribution in [0.2, 0.25) is 10.0 Å². The first kappa shape index (κ1) is 16.7. The highest BCUT2D eigenvalue weighted by atomic mass is 35.5. The Morgan fingerprint density at radius 2 is 1.90 bits per heavy atom. The Morgan fingerprint density at radius 1 is 1.24 bits per heavy atom. The third-order valence-corrected chi connectivity index (χ3v) is 4.47. The number of methoxy groups -OCH3 is 1. The summed E-state index contributed by atoms with van der Waals surface area (Å²) >= 11 is 12.4. The van der Waals surface area contributed by atoms with Crippen LogP contribution in [-0.4, -0.2) is 31.8 Å². The van der Waals surface area contributed by atoms with Gasteiger partial charge in [-0.1, -0.05) is 30.1 Å². The predicted octanol–water partition coefficient (Wildman–Crippen LogP) is 4.44. The fraction of sp³-hybridized carbons (Fsp3) is 0.667. The van der Waals surface area contributed by atoms with Gasteiger partial charge in [-0.25, -0.2) is 4.98 Å². The average Bonchev–Trinajstić information content (AvgIpc) is 3.24. The zero-order chi connectivity index (χ0) is 15.3. The Balaban J connectivity index is 1.99. The van der Waals surface area contributed by atoms with Gasteiger partial charge in [-0.3, -0.25) is 0 Å². The van der Waals surface area contributed by atoms with E-state index in [-0.39, 0.29) is 0 Å². The minimum absolute atomic E-state index is 0.345. The second kappa shape index (κ2) is 7.52. The quantitative estimate of drug-likeness (QED) is 0.702. The van der Waals surface area contributed by atoms with E-state index in [1.54, 1.807) is 13.2 Å². The van der Waals surface area contributed by atoms with Crippen molar-refractivity contribution in [1.82, 2.24) is 4.98 Å². The maximum Gasteiger partial charge on any atom is 0.147 e. The fourth-order valence-electron chi connectivity index (χ4n) is 2.24. The molecule has 2 N–H and O–H groups in total. The van der Waals surface area contributed by atoms with Crippen LogP contribution >= 0.6 is 23.2 Å². The normalized spacial score (nSPS) is 15.8. The van der Waals surface area contributed by atoms with Crippen molar-refractivity contribution in [2.45, 2.75) is 32.6 Å². The van der Waals surface area contributed by atoms with E-state index in [9.17, 15) is 0 Å². The van der Waals surface area contributed by atoms with Crippen molar-refractivity contribution in [1.29, 1.82) is 0 Å². The smallest absolute Gasteiger partial charge is 0.147 e. The molecule has 1 heterocycles. The van der Waals surface area contributed by atoms with Crippen LogP contribution in [0.4, 0.5) is 11.6 Å². The summed E-state index contributed by atoms with van der Waals surface area (Å²) in [6, 6.07) is 1.74. The largest absolute Gasteiger partial charge is 0.385 e. The van der Waals surface area contributed by atoms with Crippen LogP contribution in [0.15, 0.2) is 6.07 Å². The number of halogens is 2. The molecule has 4 nitrogen and oxygen atoms in total. The number of ether oxygens (including phenoxy) is 1. The van der Waals surface area contributed by atoms with Gasteiger partial charge in [0.15, 0.2) is 0 Å².